The maximum Gasteiger partial charge on any atom is 0.263 e. The summed E-state index contributed by atoms with van der Waals surface area (Å²) in [6.45, 7) is 0.724. The highest BCUT2D eigenvalue weighted by molar-refractivity contribution is 5.54. The van der Waals surface area contributed by atoms with E-state index in [4.69, 9.17) is 9.47 Å². The first kappa shape index (κ1) is 10.8. The molecular formula is C12H12F2O3. The molecule has 0 atom stereocenters. The predicted molar refractivity (Wildman–Crippen MR) is 55.5 cm³/mol. The Labute approximate surface area is 97.0 Å². The lowest BCUT2D eigenvalue weighted by molar-refractivity contribution is 0.125. The first-order valence-corrected chi connectivity index (χ1v) is 5.55. The summed E-state index contributed by atoms with van der Waals surface area (Å²) in [7, 11) is 0. The molecule has 17 heavy (non-hydrogen) atoms. The molecular weight excluding hydrogens is 230 g/mol. The summed E-state index contributed by atoms with van der Waals surface area (Å²) in [4.78, 5) is 0. The van der Waals surface area contributed by atoms with Crippen molar-refractivity contribution in [2.45, 2.75) is 24.9 Å². The zero-order chi connectivity index (χ0) is 12.0. The largest absolute Gasteiger partial charge is 0.486 e. The fraction of sp³-hybridized carbons (Fsp3) is 0.500. The third-order valence-corrected chi connectivity index (χ3v) is 3.14. The van der Waals surface area contributed by atoms with Crippen molar-refractivity contribution in [3.8, 4) is 11.5 Å². The number of hydrogen-bond donors (Lipinski definition) is 1. The Balaban J connectivity index is 2.13. The van der Waals surface area contributed by atoms with E-state index in [-0.39, 0.29) is 5.56 Å². The average molecular weight is 242 g/mol. The number of ether oxygens (including phenoxy) is 2. The SMILES string of the molecule is OC1(c2cc(C(F)F)cc3c2OCCO3)CC1. The molecule has 0 amide bonds. The van der Waals surface area contributed by atoms with Crippen LogP contribution in [0.25, 0.3) is 0 Å². The molecule has 0 aromatic heterocycles. The van der Waals surface area contributed by atoms with Crippen LogP contribution < -0.4 is 9.47 Å². The van der Waals surface area contributed by atoms with Crippen molar-refractivity contribution in [3.63, 3.8) is 0 Å². The van der Waals surface area contributed by atoms with Crippen LogP contribution >= 0.6 is 0 Å². The van der Waals surface area contributed by atoms with E-state index in [2.05, 4.69) is 0 Å². The van der Waals surface area contributed by atoms with Crippen LogP contribution in [0.5, 0.6) is 11.5 Å². The first-order valence-electron chi connectivity index (χ1n) is 5.55. The number of aliphatic hydroxyl groups is 1. The van der Waals surface area contributed by atoms with Crippen molar-refractivity contribution >= 4 is 0 Å². The van der Waals surface area contributed by atoms with E-state index in [1.165, 1.54) is 12.1 Å². The lowest BCUT2D eigenvalue weighted by Crippen LogP contribution is -2.19. The van der Waals surface area contributed by atoms with Gasteiger partial charge in [0.2, 0.25) is 0 Å². The van der Waals surface area contributed by atoms with E-state index < -0.39 is 12.0 Å². The summed E-state index contributed by atoms with van der Waals surface area (Å²) in [5, 5.41) is 10.1. The van der Waals surface area contributed by atoms with Gasteiger partial charge in [-0.05, 0) is 25.0 Å². The molecule has 0 spiro atoms. The average Bonchev–Trinajstić information content (AvgIpc) is 3.07. The van der Waals surface area contributed by atoms with Crippen molar-refractivity contribution in [2.24, 2.45) is 0 Å². The van der Waals surface area contributed by atoms with Gasteiger partial charge >= 0.3 is 0 Å². The summed E-state index contributed by atoms with van der Waals surface area (Å²) in [5.41, 5.74) is -0.704. The molecule has 1 aromatic rings. The Bertz CT molecular complexity index is 455. The number of halogens is 2. The van der Waals surface area contributed by atoms with Gasteiger partial charge in [-0.1, -0.05) is 0 Å². The molecule has 2 aliphatic rings. The number of alkyl halides is 2. The fourth-order valence-corrected chi connectivity index (χ4v) is 2.03. The summed E-state index contributed by atoms with van der Waals surface area (Å²) in [6.07, 6.45) is -1.42. The van der Waals surface area contributed by atoms with E-state index in [0.717, 1.165) is 0 Å². The van der Waals surface area contributed by atoms with Crippen molar-refractivity contribution in [1.29, 1.82) is 0 Å². The first-order chi connectivity index (χ1) is 8.10. The molecule has 1 heterocycles. The van der Waals surface area contributed by atoms with Crippen molar-refractivity contribution in [2.75, 3.05) is 13.2 Å². The molecule has 1 aliphatic carbocycles. The lowest BCUT2D eigenvalue weighted by Gasteiger charge is -2.24. The van der Waals surface area contributed by atoms with Crippen LogP contribution in [0.3, 0.4) is 0 Å². The van der Waals surface area contributed by atoms with Crippen molar-refractivity contribution in [1.82, 2.24) is 0 Å². The monoisotopic (exact) mass is 242 g/mol. The van der Waals surface area contributed by atoms with E-state index >= 15 is 0 Å². The Kier molecular flexibility index (Phi) is 2.26. The van der Waals surface area contributed by atoms with E-state index in [0.29, 0.717) is 43.1 Å². The van der Waals surface area contributed by atoms with Crippen LogP contribution in [-0.2, 0) is 5.60 Å². The molecule has 0 unspecified atom stereocenters. The van der Waals surface area contributed by atoms with Gasteiger partial charge in [-0.15, -0.1) is 0 Å². The quantitative estimate of drug-likeness (QED) is 0.865. The topological polar surface area (TPSA) is 38.7 Å². The van der Waals surface area contributed by atoms with Crippen molar-refractivity contribution < 1.29 is 23.4 Å². The molecule has 1 N–H and O–H groups in total. The minimum Gasteiger partial charge on any atom is -0.486 e. The normalized spacial score (nSPS) is 20.5. The third kappa shape index (κ3) is 1.74. The molecule has 1 saturated carbocycles. The smallest absolute Gasteiger partial charge is 0.263 e. The fourth-order valence-electron chi connectivity index (χ4n) is 2.03. The van der Waals surface area contributed by atoms with Gasteiger partial charge in [0.1, 0.15) is 13.2 Å². The predicted octanol–water partition coefficient (Wildman–Crippen LogP) is 2.38. The molecule has 0 radical (unpaired) electrons. The van der Waals surface area contributed by atoms with E-state index in [1.807, 2.05) is 0 Å². The van der Waals surface area contributed by atoms with Gasteiger partial charge in [0.15, 0.2) is 11.5 Å². The van der Waals surface area contributed by atoms with Crippen molar-refractivity contribution in [3.05, 3.63) is 23.3 Å². The Hall–Kier alpha value is -1.36. The molecule has 1 aromatic carbocycles. The van der Waals surface area contributed by atoms with Gasteiger partial charge in [0, 0.05) is 11.1 Å². The number of fused-ring (bicyclic) bond motifs is 1. The summed E-state index contributed by atoms with van der Waals surface area (Å²) < 4.78 is 36.2. The lowest BCUT2D eigenvalue weighted by atomic mass is 10.0. The van der Waals surface area contributed by atoms with E-state index in [1.54, 1.807) is 0 Å². The summed E-state index contributed by atoms with van der Waals surface area (Å²) in [6, 6.07) is 2.61. The van der Waals surface area contributed by atoms with Gasteiger partial charge in [-0.3, -0.25) is 0 Å². The molecule has 92 valence electrons. The van der Waals surface area contributed by atoms with Gasteiger partial charge < -0.3 is 14.6 Å². The highest BCUT2D eigenvalue weighted by Gasteiger charge is 2.46. The second kappa shape index (κ2) is 3.57. The molecule has 5 heteroatoms. The van der Waals surface area contributed by atoms with Crippen LogP contribution in [0.1, 0.15) is 30.4 Å². The minimum atomic E-state index is -2.58. The minimum absolute atomic E-state index is 0.135. The molecule has 1 fully saturated rings. The van der Waals surface area contributed by atoms with E-state index in [9.17, 15) is 13.9 Å². The number of rotatable bonds is 2. The van der Waals surface area contributed by atoms with Crippen LogP contribution in [-0.4, -0.2) is 18.3 Å². The van der Waals surface area contributed by atoms with Gasteiger partial charge in [0.05, 0.1) is 5.60 Å². The van der Waals surface area contributed by atoms with Crippen LogP contribution in [0, 0.1) is 0 Å². The highest BCUT2D eigenvalue weighted by Crippen LogP contribution is 2.52. The molecule has 0 saturated heterocycles. The summed E-state index contributed by atoms with van der Waals surface area (Å²) in [5.74, 6) is 0.727. The van der Waals surface area contributed by atoms with Gasteiger partial charge in [-0.2, -0.15) is 0 Å². The second-order valence-corrected chi connectivity index (χ2v) is 4.42. The maximum atomic E-state index is 12.7. The number of hydrogen-bond acceptors (Lipinski definition) is 3. The molecule has 1 aliphatic heterocycles. The Morgan fingerprint density at radius 3 is 2.53 bits per heavy atom. The standard InChI is InChI=1S/C12H12F2O3/c13-11(14)7-5-8(12(15)1-2-12)10-9(6-7)16-3-4-17-10/h5-6,11,15H,1-4H2. The molecule has 0 bridgehead atoms. The third-order valence-electron chi connectivity index (χ3n) is 3.14. The van der Waals surface area contributed by atoms with Crippen LogP contribution in [0.2, 0.25) is 0 Å². The molecule has 3 rings (SSSR count). The zero-order valence-electron chi connectivity index (χ0n) is 9.08. The maximum absolute atomic E-state index is 12.7. The Morgan fingerprint density at radius 1 is 1.18 bits per heavy atom. The highest BCUT2D eigenvalue weighted by atomic mass is 19.3. The second-order valence-electron chi connectivity index (χ2n) is 4.42. The van der Waals surface area contributed by atoms with Gasteiger partial charge in [-0.25, -0.2) is 8.78 Å². The molecule has 3 nitrogen and oxygen atoms in total. The van der Waals surface area contributed by atoms with Gasteiger partial charge in [0.25, 0.3) is 6.43 Å². The van der Waals surface area contributed by atoms with Crippen LogP contribution in [0.4, 0.5) is 8.78 Å². The Morgan fingerprint density at radius 2 is 1.88 bits per heavy atom. The number of benzene rings is 1. The summed E-state index contributed by atoms with van der Waals surface area (Å²) >= 11 is 0. The zero-order valence-corrected chi connectivity index (χ0v) is 9.08. The van der Waals surface area contributed by atoms with Crippen LogP contribution in [0.15, 0.2) is 12.1 Å².